The summed E-state index contributed by atoms with van der Waals surface area (Å²) in [6.07, 6.45) is 0.758. The molecule has 1 aromatic heterocycles. The molecule has 0 unspecified atom stereocenters. The number of halogens is 3. The van der Waals surface area contributed by atoms with Gasteiger partial charge in [-0.2, -0.15) is 13.2 Å². The molecule has 0 spiro atoms. The standard InChI is InChI=1S/C19H16F3N3/c20-19(21,22)18-7-2-1-5-16(18)8-14-4-3-6-17(9-14)25-12-15-10-23-13-24-11-15/h1-7,9-11,13,25H,8,12H2. The van der Waals surface area contributed by atoms with E-state index < -0.39 is 11.7 Å². The van der Waals surface area contributed by atoms with Gasteiger partial charge in [-0.25, -0.2) is 9.97 Å². The lowest BCUT2D eigenvalue weighted by Crippen LogP contribution is -2.09. The third-order valence-corrected chi connectivity index (χ3v) is 3.76. The van der Waals surface area contributed by atoms with E-state index in [9.17, 15) is 13.2 Å². The highest BCUT2D eigenvalue weighted by molar-refractivity contribution is 5.47. The van der Waals surface area contributed by atoms with Gasteiger partial charge in [-0.3, -0.25) is 0 Å². The number of anilines is 1. The molecule has 0 bridgehead atoms. The quantitative estimate of drug-likeness (QED) is 0.730. The van der Waals surface area contributed by atoms with Crippen LogP contribution in [0.5, 0.6) is 0 Å². The summed E-state index contributed by atoms with van der Waals surface area (Å²) < 4.78 is 39.3. The molecule has 0 atom stereocenters. The minimum atomic E-state index is -4.35. The minimum Gasteiger partial charge on any atom is -0.381 e. The van der Waals surface area contributed by atoms with Gasteiger partial charge in [-0.1, -0.05) is 30.3 Å². The third kappa shape index (κ3) is 4.56. The summed E-state index contributed by atoms with van der Waals surface area (Å²) in [6, 6.07) is 13.1. The number of rotatable bonds is 5. The van der Waals surface area contributed by atoms with Crippen molar-refractivity contribution in [3.63, 3.8) is 0 Å². The van der Waals surface area contributed by atoms with E-state index in [0.717, 1.165) is 22.9 Å². The molecule has 0 saturated heterocycles. The van der Waals surface area contributed by atoms with Crippen molar-refractivity contribution in [3.8, 4) is 0 Å². The average Bonchev–Trinajstić information content (AvgIpc) is 2.61. The Kier molecular flexibility index (Phi) is 4.97. The van der Waals surface area contributed by atoms with Gasteiger partial charge >= 0.3 is 6.18 Å². The lowest BCUT2D eigenvalue weighted by molar-refractivity contribution is -0.138. The second-order valence-electron chi connectivity index (χ2n) is 5.63. The normalized spacial score (nSPS) is 11.3. The van der Waals surface area contributed by atoms with Gasteiger partial charge in [0.15, 0.2) is 0 Å². The summed E-state index contributed by atoms with van der Waals surface area (Å²) >= 11 is 0. The van der Waals surface area contributed by atoms with E-state index in [0.29, 0.717) is 6.54 Å². The van der Waals surface area contributed by atoms with E-state index in [1.54, 1.807) is 18.5 Å². The van der Waals surface area contributed by atoms with Gasteiger partial charge in [0.1, 0.15) is 6.33 Å². The molecule has 1 heterocycles. The molecule has 1 N–H and O–H groups in total. The second kappa shape index (κ2) is 7.34. The maximum Gasteiger partial charge on any atom is 0.416 e. The zero-order valence-electron chi connectivity index (χ0n) is 13.3. The van der Waals surface area contributed by atoms with Gasteiger partial charge in [-0.15, -0.1) is 0 Å². The van der Waals surface area contributed by atoms with Crippen LogP contribution in [0.2, 0.25) is 0 Å². The molecule has 6 heteroatoms. The Labute approximate surface area is 143 Å². The van der Waals surface area contributed by atoms with E-state index >= 15 is 0 Å². The van der Waals surface area contributed by atoms with Crippen LogP contribution in [0, 0.1) is 0 Å². The number of hydrogen-bond acceptors (Lipinski definition) is 3. The first-order valence-corrected chi connectivity index (χ1v) is 7.74. The zero-order chi connectivity index (χ0) is 17.7. The first kappa shape index (κ1) is 17.0. The number of nitrogens with one attached hydrogen (secondary N) is 1. The van der Waals surface area contributed by atoms with Crippen molar-refractivity contribution in [1.82, 2.24) is 9.97 Å². The Morgan fingerprint density at radius 1 is 0.880 bits per heavy atom. The lowest BCUT2D eigenvalue weighted by Gasteiger charge is -2.13. The molecule has 3 rings (SSSR count). The van der Waals surface area contributed by atoms with Crippen molar-refractivity contribution in [2.24, 2.45) is 0 Å². The molecule has 0 fully saturated rings. The zero-order valence-corrected chi connectivity index (χ0v) is 13.3. The van der Waals surface area contributed by atoms with E-state index in [1.807, 2.05) is 24.3 Å². The maximum atomic E-state index is 13.1. The van der Waals surface area contributed by atoms with E-state index in [4.69, 9.17) is 0 Å². The van der Waals surface area contributed by atoms with Gasteiger partial charge in [0.05, 0.1) is 5.56 Å². The molecular formula is C19H16F3N3. The van der Waals surface area contributed by atoms with Crippen LogP contribution in [0.3, 0.4) is 0 Å². The molecule has 0 aliphatic carbocycles. The van der Waals surface area contributed by atoms with Gasteiger partial charge in [0.25, 0.3) is 0 Å². The summed E-state index contributed by atoms with van der Waals surface area (Å²) in [6.45, 7) is 0.545. The van der Waals surface area contributed by atoms with Crippen LogP contribution >= 0.6 is 0 Å². The number of hydrogen-bond donors (Lipinski definition) is 1. The van der Waals surface area contributed by atoms with Gasteiger partial charge < -0.3 is 5.32 Å². The van der Waals surface area contributed by atoms with Crippen LogP contribution in [-0.2, 0) is 19.1 Å². The first-order chi connectivity index (χ1) is 12.0. The number of nitrogens with zero attached hydrogens (tertiary/aromatic N) is 2. The molecule has 2 aromatic carbocycles. The van der Waals surface area contributed by atoms with Crippen molar-refractivity contribution in [1.29, 1.82) is 0 Å². The summed E-state index contributed by atoms with van der Waals surface area (Å²) in [5.41, 5.74) is 2.26. The highest BCUT2D eigenvalue weighted by Gasteiger charge is 2.32. The number of alkyl halides is 3. The molecule has 0 aliphatic rings. The maximum absolute atomic E-state index is 13.1. The van der Waals surface area contributed by atoms with E-state index in [2.05, 4.69) is 15.3 Å². The Hall–Kier alpha value is -2.89. The fourth-order valence-electron chi connectivity index (χ4n) is 2.59. The van der Waals surface area contributed by atoms with Crippen LogP contribution < -0.4 is 5.32 Å². The Balaban J connectivity index is 1.74. The van der Waals surface area contributed by atoms with Crippen LogP contribution in [0.25, 0.3) is 0 Å². The van der Waals surface area contributed by atoms with E-state index in [-0.39, 0.29) is 12.0 Å². The Bertz CT molecular complexity index is 833. The van der Waals surface area contributed by atoms with Crippen molar-refractivity contribution in [3.05, 3.63) is 89.5 Å². The molecule has 25 heavy (non-hydrogen) atoms. The average molecular weight is 343 g/mol. The molecule has 128 valence electrons. The molecule has 3 nitrogen and oxygen atoms in total. The largest absolute Gasteiger partial charge is 0.416 e. The SMILES string of the molecule is FC(F)(F)c1ccccc1Cc1cccc(NCc2cncnc2)c1. The van der Waals surface area contributed by atoms with Crippen LogP contribution in [0.1, 0.15) is 22.3 Å². The highest BCUT2D eigenvalue weighted by atomic mass is 19.4. The van der Waals surface area contributed by atoms with Crippen LogP contribution in [0.4, 0.5) is 18.9 Å². The lowest BCUT2D eigenvalue weighted by atomic mass is 9.99. The van der Waals surface area contributed by atoms with Gasteiger partial charge in [0.2, 0.25) is 0 Å². The molecule has 3 aromatic rings. The van der Waals surface area contributed by atoms with Gasteiger partial charge in [0, 0.05) is 30.2 Å². The van der Waals surface area contributed by atoms with Crippen molar-refractivity contribution < 1.29 is 13.2 Å². The summed E-state index contributed by atoms with van der Waals surface area (Å²) in [5.74, 6) is 0. The first-order valence-electron chi connectivity index (χ1n) is 7.74. The van der Waals surface area contributed by atoms with Crippen molar-refractivity contribution in [2.75, 3.05) is 5.32 Å². The Morgan fingerprint density at radius 2 is 1.64 bits per heavy atom. The minimum absolute atomic E-state index is 0.222. The molecule has 0 amide bonds. The molecule has 0 aliphatic heterocycles. The summed E-state index contributed by atoms with van der Waals surface area (Å²) in [5, 5.41) is 3.23. The predicted octanol–water partition coefficient (Wildman–Crippen LogP) is 4.70. The Morgan fingerprint density at radius 3 is 2.40 bits per heavy atom. The topological polar surface area (TPSA) is 37.8 Å². The number of aromatic nitrogens is 2. The van der Waals surface area contributed by atoms with Crippen LogP contribution in [-0.4, -0.2) is 9.97 Å². The number of benzene rings is 2. The fraction of sp³-hybridized carbons (Fsp3) is 0.158. The van der Waals surface area contributed by atoms with Crippen molar-refractivity contribution >= 4 is 5.69 Å². The predicted molar refractivity (Wildman–Crippen MR) is 90.1 cm³/mol. The third-order valence-electron chi connectivity index (χ3n) is 3.76. The smallest absolute Gasteiger partial charge is 0.381 e. The summed E-state index contributed by atoms with van der Waals surface area (Å²) in [4.78, 5) is 7.89. The molecule has 0 radical (unpaired) electrons. The monoisotopic (exact) mass is 343 g/mol. The molecule has 0 saturated carbocycles. The van der Waals surface area contributed by atoms with Crippen LogP contribution in [0.15, 0.2) is 67.3 Å². The summed E-state index contributed by atoms with van der Waals surface area (Å²) in [7, 11) is 0. The highest BCUT2D eigenvalue weighted by Crippen LogP contribution is 2.33. The van der Waals surface area contributed by atoms with Gasteiger partial charge in [-0.05, 0) is 35.7 Å². The molecular weight excluding hydrogens is 327 g/mol. The van der Waals surface area contributed by atoms with E-state index in [1.165, 1.54) is 18.5 Å². The second-order valence-corrected chi connectivity index (χ2v) is 5.63. The van der Waals surface area contributed by atoms with Crippen molar-refractivity contribution in [2.45, 2.75) is 19.1 Å². The fourth-order valence-corrected chi connectivity index (χ4v) is 2.59.